The predicted molar refractivity (Wildman–Crippen MR) is 108 cm³/mol. The molecule has 6 heteroatoms. The van der Waals surface area contributed by atoms with Crippen LogP contribution in [0.1, 0.15) is 34.3 Å². The molecule has 0 spiro atoms. The van der Waals surface area contributed by atoms with Gasteiger partial charge in [0.15, 0.2) is 5.78 Å². The summed E-state index contributed by atoms with van der Waals surface area (Å²) in [5.74, 6) is 1.45. The fourth-order valence-corrected chi connectivity index (χ4v) is 3.62. The quantitative estimate of drug-likeness (QED) is 0.266. The molecule has 134 valence electrons. The van der Waals surface area contributed by atoms with Crippen molar-refractivity contribution in [2.24, 2.45) is 0 Å². The standard InChI is InChI=1S/C20H19BrN2O2S/c1-13-10-14(2)12-16(11-13)19-22-23-20(25-19)26-9-3-4-18(24)15-5-7-17(21)8-6-15/h5-8,10-12H,3-4,9H2,1-2H3. The Hall–Kier alpha value is -1.92. The minimum atomic E-state index is 0.152. The van der Waals surface area contributed by atoms with Crippen molar-refractivity contribution in [2.75, 3.05) is 5.75 Å². The number of thioether (sulfide) groups is 1. The van der Waals surface area contributed by atoms with Gasteiger partial charge in [-0.2, -0.15) is 0 Å². The van der Waals surface area contributed by atoms with Gasteiger partial charge in [-0.3, -0.25) is 4.79 Å². The molecule has 0 N–H and O–H groups in total. The molecule has 4 nitrogen and oxygen atoms in total. The third kappa shape index (κ3) is 5.05. The smallest absolute Gasteiger partial charge is 0.276 e. The Kier molecular flexibility index (Phi) is 6.27. The van der Waals surface area contributed by atoms with E-state index in [4.69, 9.17) is 4.42 Å². The first-order valence-corrected chi connectivity index (χ1v) is 10.1. The Morgan fingerprint density at radius 2 is 1.77 bits per heavy atom. The van der Waals surface area contributed by atoms with Gasteiger partial charge in [0.25, 0.3) is 5.22 Å². The molecule has 0 atom stereocenters. The van der Waals surface area contributed by atoms with E-state index in [2.05, 4.69) is 32.2 Å². The largest absolute Gasteiger partial charge is 0.411 e. The highest BCUT2D eigenvalue weighted by Gasteiger charge is 2.11. The van der Waals surface area contributed by atoms with Crippen molar-refractivity contribution < 1.29 is 9.21 Å². The number of carbonyl (C=O) groups is 1. The lowest BCUT2D eigenvalue weighted by atomic mass is 10.1. The van der Waals surface area contributed by atoms with Crippen molar-refractivity contribution in [2.45, 2.75) is 31.9 Å². The van der Waals surface area contributed by atoms with Crippen LogP contribution in [-0.2, 0) is 0 Å². The zero-order valence-electron chi connectivity index (χ0n) is 14.7. The number of ketones is 1. The van der Waals surface area contributed by atoms with Gasteiger partial charge >= 0.3 is 0 Å². The van der Waals surface area contributed by atoms with Crippen LogP contribution in [0.3, 0.4) is 0 Å². The second kappa shape index (κ2) is 8.64. The average molecular weight is 431 g/mol. The summed E-state index contributed by atoms with van der Waals surface area (Å²) in [5.41, 5.74) is 4.01. The number of rotatable bonds is 7. The highest BCUT2D eigenvalue weighted by Crippen LogP contribution is 2.25. The van der Waals surface area contributed by atoms with Crippen molar-refractivity contribution >= 4 is 33.5 Å². The summed E-state index contributed by atoms with van der Waals surface area (Å²) in [7, 11) is 0. The molecular formula is C20H19BrN2O2S. The molecule has 3 aromatic rings. The molecule has 0 amide bonds. The van der Waals surface area contributed by atoms with Gasteiger partial charge in [0.2, 0.25) is 5.89 Å². The summed E-state index contributed by atoms with van der Waals surface area (Å²) in [6, 6.07) is 13.6. The molecule has 0 saturated heterocycles. The van der Waals surface area contributed by atoms with E-state index < -0.39 is 0 Å². The van der Waals surface area contributed by atoms with Crippen LogP contribution in [-0.4, -0.2) is 21.7 Å². The molecule has 0 aliphatic carbocycles. The van der Waals surface area contributed by atoms with Gasteiger partial charge in [-0.05, 0) is 44.5 Å². The third-order valence-corrected chi connectivity index (χ3v) is 5.25. The summed E-state index contributed by atoms with van der Waals surface area (Å²) in [4.78, 5) is 12.1. The predicted octanol–water partition coefficient (Wildman–Crippen LogP) is 5.87. The Bertz CT molecular complexity index is 886. The van der Waals surface area contributed by atoms with Crippen LogP contribution >= 0.6 is 27.7 Å². The molecule has 0 radical (unpaired) electrons. The first-order valence-electron chi connectivity index (χ1n) is 8.35. The molecule has 1 heterocycles. The molecule has 0 saturated carbocycles. The number of hydrogen-bond acceptors (Lipinski definition) is 5. The zero-order valence-corrected chi connectivity index (χ0v) is 17.1. The normalized spacial score (nSPS) is 10.9. The Balaban J connectivity index is 1.50. The summed E-state index contributed by atoms with van der Waals surface area (Å²) in [5, 5.41) is 8.76. The summed E-state index contributed by atoms with van der Waals surface area (Å²) in [6.45, 7) is 4.09. The summed E-state index contributed by atoms with van der Waals surface area (Å²) < 4.78 is 6.71. The van der Waals surface area contributed by atoms with Gasteiger partial charge in [-0.25, -0.2) is 0 Å². The molecule has 0 aliphatic heterocycles. The summed E-state index contributed by atoms with van der Waals surface area (Å²) >= 11 is 4.86. The van der Waals surface area contributed by atoms with E-state index in [1.807, 2.05) is 50.2 Å². The first-order chi connectivity index (χ1) is 12.5. The van der Waals surface area contributed by atoms with Crippen LogP contribution < -0.4 is 0 Å². The first kappa shape index (κ1) is 18.9. The minimum Gasteiger partial charge on any atom is -0.411 e. The van der Waals surface area contributed by atoms with Gasteiger partial charge in [0.05, 0.1) is 0 Å². The van der Waals surface area contributed by atoms with Gasteiger partial charge in [-0.1, -0.05) is 57.0 Å². The van der Waals surface area contributed by atoms with Crippen molar-refractivity contribution in [3.05, 3.63) is 63.6 Å². The number of halogens is 1. The minimum absolute atomic E-state index is 0.152. The van der Waals surface area contributed by atoms with E-state index in [0.717, 1.165) is 27.8 Å². The lowest BCUT2D eigenvalue weighted by Crippen LogP contribution is -1.99. The van der Waals surface area contributed by atoms with Crippen LogP contribution in [0, 0.1) is 13.8 Å². The van der Waals surface area contributed by atoms with E-state index in [9.17, 15) is 4.79 Å². The zero-order chi connectivity index (χ0) is 18.5. The van der Waals surface area contributed by atoms with Crippen LogP contribution in [0.2, 0.25) is 0 Å². The Morgan fingerprint density at radius 1 is 1.08 bits per heavy atom. The number of hydrogen-bond donors (Lipinski definition) is 0. The maximum atomic E-state index is 12.1. The molecule has 1 aromatic heterocycles. The Labute approximate surface area is 165 Å². The fraction of sp³-hybridized carbons (Fsp3) is 0.250. The van der Waals surface area contributed by atoms with Crippen LogP contribution in [0.15, 0.2) is 56.6 Å². The SMILES string of the molecule is Cc1cc(C)cc(-c2nnc(SCCCC(=O)c3ccc(Br)cc3)o2)c1. The number of Topliss-reactive ketones (excluding diaryl/α,β-unsaturated/α-hetero) is 1. The van der Waals surface area contributed by atoms with Crippen molar-refractivity contribution in [3.63, 3.8) is 0 Å². The Morgan fingerprint density at radius 3 is 2.46 bits per heavy atom. The maximum Gasteiger partial charge on any atom is 0.276 e. The highest BCUT2D eigenvalue weighted by atomic mass is 79.9. The van der Waals surface area contributed by atoms with Crippen molar-refractivity contribution in [1.29, 1.82) is 0 Å². The number of aryl methyl sites for hydroxylation is 2. The number of aromatic nitrogens is 2. The van der Waals surface area contributed by atoms with Gasteiger partial charge in [-0.15, -0.1) is 10.2 Å². The topological polar surface area (TPSA) is 56.0 Å². The average Bonchev–Trinajstić information content (AvgIpc) is 3.07. The van der Waals surface area contributed by atoms with E-state index in [0.29, 0.717) is 17.5 Å². The molecule has 0 aliphatic rings. The number of nitrogens with zero attached hydrogens (tertiary/aromatic N) is 2. The second-order valence-corrected chi connectivity index (χ2v) is 8.09. The molecular weight excluding hydrogens is 412 g/mol. The molecule has 0 fully saturated rings. The fourth-order valence-electron chi connectivity index (χ4n) is 2.66. The summed E-state index contributed by atoms with van der Waals surface area (Å²) in [6.07, 6.45) is 1.27. The number of benzene rings is 2. The molecule has 3 rings (SSSR count). The van der Waals surface area contributed by atoms with Crippen LogP contribution in [0.5, 0.6) is 0 Å². The van der Waals surface area contributed by atoms with E-state index in [1.54, 1.807) is 0 Å². The molecule has 0 unspecified atom stereocenters. The lowest BCUT2D eigenvalue weighted by molar-refractivity contribution is 0.0982. The second-order valence-electron chi connectivity index (χ2n) is 6.13. The van der Waals surface area contributed by atoms with Gasteiger partial charge in [0.1, 0.15) is 0 Å². The van der Waals surface area contributed by atoms with Crippen molar-refractivity contribution in [1.82, 2.24) is 10.2 Å². The monoisotopic (exact) mass is 430 g/mol. The maximum absolute atomic E-state index is 12.1. The van der Waals surface area contributed by atoms with E-state index in [-0.39, 0.29) is 5.78 Å². The highest BCUT2D eigenvalue weighted by molar-refractivity contribution is 9.10. The van der Waals surface area contributed by atoms with Crippen LogP contribution in [0.25, 0.3) is 11.5 Å². The van der Waals surface area contributed by atoms with Crippen LogP contribution in [0.4, 0.5) is 0 Å². The van der Waals surface area contributed by atoms with Gasteiger partial charge < -0.3 is 4.42 Å². The lowest BCUT2D eigenvalue weighted by Gasteiger charge is -2.01. The van der Waals surface area contributed by atoms with Crippen molar-refractivity contribution in [3.8, 4) is 11.5 Å². The molecule has 2 aromatic carbocycles. The van der Waals surface area contributed by atoms with Gasteiger partial charge in [0, 0.05) is 27.8 Å². The molecule has 26 heavy (non-hydrogen) atoms. The van der Waals surface area contributed by atoms with E-state index in [1.165, 1.54) is 22.9 Å². The van der Waals surface area contributed by atoms with E-state index >= 15 is 0 Å². The molecule has 0 bridgehead atoms. The third-order valence-electron chi connectivity index (χ3n) is 3.82. The number of carbonyl (C=O) groups excluding carboxylic acids is 1.